The first-order chi connectivity index (χ1) is 15.9. The predicted octanol–water partition coefficient (Wildman–Crippen LogP) is 5.54. The molecule has 0 saturated heterocycles. The van der Waals surface area contributed by atoms with Crippen molar-refractivity contribution in [3.8, 4) is 5.75 Å². The van der Waals surface area contributed by atoms with E-state index in [4.69, 9.17) is 21.4 Å². The van der Waals surface area contributed by atoms with Crippen molar-refractivity contribution in [3.05, 3.63) is 93.7 Å². The highest BCUT2D eigenvalue weighted by atomic mass is 32.1. The van der Waals surface area contributed by atoms with Crippen molar-refractivity contribution in [2.45, 2.75) is 33.9 Å². The number of aryl methyl sites for hydroxylation is 2. The van der Waals surface area contributed by atoms with Crippen molar-refractivity contribution in [2.24, 2.45) is 0 Å². The Hall–Kier alpha value is -3.58. The molecule has 0 aliphatic carbocycles. The summed E-state index contributed by atoms with van der Waals surface area (Å²) in [6.07, 6.45) is 1.63. The molecule has 0 fully saturated rings. The summed E-state index contributed by atoms with van der Waals surface area (Å²) in [5, 5.41) is 4.76. The average Bonchev–Trinajstić information content (AvgIpc) is 3.32. The van der Waals surface area contributed by atoms with Gasteiger partial charge >= 0.3 is 0 Å². The van der Waals surface area contributed by atoms with Crippen LogP contribution in [0.1, 0.15) is 29.4 Å². The third-order valence-corrected chi connectivity index (χ3v) is 5.98. The highest BCUT2D eigenvalue weighted by Crippen LogP contribution is 2.21. The number of thiocarbonyl (C=S) groups is 1. The molecule has 6 nitrogen and oxygen atoms in total. The smallest absolute Gasteiger partial charge is 0.253 e. The number of ether oxygens (including phenoxy) is 1. The van der Waals surface area contributed by atoms with Gasteiger partial charge in [0.05, 0.1) is 31.5 Å². The molecule has 33 heavy (non-hydrogen) atoms. The molecule has 0 unspecified atom stereocenters. The van der Waals surface area contributed by atoms with Crippen molar-refractivity contribution in [1.29, 1.82) is 0 Å². The zero-order valence-corrected chi connectivity index (χ0v) is 19.8. The predicted molar refractivity (Wildman–Crippen MR) is 136 cm³/mol. The van der Waals surface area contributed by atoms with Gasteiger partial charge in [0, 0.05) is 11.3 Å². The summed E-state index contributed by atoms with van der Waals surface area (Å²) >= 11 is 5.72. The minimum absolute atomic E-state index is 0.121. The first-order valence-corrected chi connectivity index (χ1v) is 11.3. The summed E-state index contributed by atoms with van der Waals surface area (Å²) in [6.45, 7) is 7.39. The Bertz CT molecular complexity index is 1310. The van der Waals surface area contributed by atoms with Gasteiger partial charge in [-0.05, 0) is 92.0 Å². The van der Waals surface area contributed by atoms with Crippen LogP contribution in [0.25, 0.3) is 10.9 Å². The first kappa shape index (κ1) is 22.6. The van der Waals surface area contributed by atoms with Gasteiger partial charge in [-0.15, -0.1) is 0 Å². The van der Waals surface area contributed by atoms with Crippen molar-refractivity contribution in [3.63, 3.8) is 0 Å². The second-order valence-corrected chi connectivity index (χ2v) is 8.31. The molecule has 0 bridgehead atoms. The minimum atomic E-state index is -0.121. The van der Waals surface area contributed by atoms with Gasteiger partial charge in [-0.1, -0.05) is 12.1 Å². The topological polar surface area (TPSA) is 70.5 Å². The molecule has 2 heterocycles. The second kappa shape index (κ2) is 9.92. The van der Waals surface area contributed by atoms with Crippen LogP contribution in [0.5, 0.6) is 5.75 Å². The second-order valence-electron chi connectivity index (χ2n) is 7.92. The zero-order chi connectivity index (χ0) is 23.4. The highest BCUT2D eigenvalue weighted by molar-refractivity contribution is 7.80. The van der Waals surface area contributed by atoms with E-state index in [0.717, 1.165) is 39.2 Å². The molecule has 0 aliphatic rings. The summed E-state index contributed by atoms with van der Waals surface area (Å²) in [5.41, 5.74) is 4.45. The van der Waals surface area contributed by atoms with E-state index in [1.807, 2.05) is 74.2 Å². The van der Waals surface area contributed by atoms with E-state index < -0.39 is 0 Å². The van der Waals surface area contributed by atoms with Crippen LogP contribution >= 0.6 is 12.2 Å². The van der Waals surface area contributed by atoms with Gasteiger partial charge < -0.3 is 24.4 Å². The maximum atomic E-state index is 12.9. The summed E-state index contributed by atoms with van der Waals surface area (Å²) < 4.78 is 11.0. The van der Waals surface area contributed by atoms with Crippen molar-refractivity contribution >= 4 is 33.9 Å². The number of H-pyrrole nitrogens is 1. The number of nitrogens with one attached hydrogen (secondary N) is 2. The van der Waals surface area contributed by atoms with E-state index in [1.165, 1.54) is 0 Å². The van der Waals surface area contributed by atoms with Gasteiger partial charge in [-0.2, -0.15) is 0 Å². The van der Waals surface area contributed by atoms with Crippen LogP contribution in [0.15, 0.2) is 70.1 Å². The Labute approximate surface area is 198 Å². The standard InChI is InChI=1S/C26H27N3O3S/c1-4-31-22-11-9-21(10-12-22)27-26(33)29(16-23-6-5-13-32-23)15-20-14-19-8-7-17(2)18(3)24(19)28-25(20)30/h5-14H,4,15-16H2,1-3H3,(H,27,33)(H,28,30). The number of furan rings is 1. The summed E-state index contributed by atoms with van der Waals surface area (Å²) in [5.74, 6) is 1.56. The fourth-order valence-corrected chi connectivity index (χ4v) is 3.93. The van der Waals surface area contributed by atoms with Gasteiger partial charge in [0.15, 0.2) is 5.11 Å². The molecule has 0 aliphatic heterocycles. The number of benzene rings is 2. The number of aromatic nitrogens is 1. The lowest BCUT2D eigenvalue weighted by atomic mass is 10.0. The Balaban J connectivity index is 1.60. The molecule has 2 aromatic carbocycles. The molecule has 0 atom stereocenters. The van der Waals surface area contributed by atoms with Gasteiger partial charge in [-0.3, -0.25) is 4.79 Å². The fourth-order valence-electron chi connectivity index (χ4n) is 3.69. The Morgan fingerprint density at radius 2 is 1.91 bits per heavy atom. The third-order valence-electron chi connectivity index (χ3n) is 5.62. The van der Waals surface area contributed by atoms with Crippen LogP contribution in [0, 0.1) is 13.8 Å². The van der Waals surface area contributed by atoms with Crippen molar-refractivity contribution in [1.82, 2.24) is 9.88 Å². The van der Waals surface area contributed by atoms with Crippen LogP contribution in [0.3, 0.4) is 0 Å². The van der Waals surface area contributed by atoms with Crippen molar-refractivity contribution in [2.75, 3.05) is 11.9 Å². The largest absolute Gasteiger partial charge is 0.494 e. The normalized spacial score (nSPS) is 10.9. The van der Waals surface area contributed by atoms with Gasteiger partial charge in [-0.25, -0.2) is 0 Å². The van der Waals surface area contributed by atoms with E-state index in [1.54, 1.807) is 6.26 Å². The maximum absolute atomic E-state index is 12.9. The molecule has 0 spiro atoms. The zero-order valence-electron chi connectivity index (χ0n) is 19.0. The van der Waals surface area contributed by atoms with E-state index in [0.29, 0.717) is 30.4 Å². The monoisotopic (exact) mass is 461 g/mol. The fraction of sp³-hybridized carbons (Fsp3) is 0.231. The van der Waals surface area contributed by atoms with E-state index >= 15 is 0 Å². The summed E-state index contributed by atoms with van der Waals surface area (Å²) in [6, 6.07) is 17.4. The quantitative estimate of drug-likeness (QED) is 0.352. The van der Waals surface area contributed by atoms with Gasteiger partial charge in [0.25, 0.3) is 5.56 Å². The first-order valence-electron chi connectivity index (χ1n) is 10.9. The van der Waals surface area contributed by atoms with Crippen LogP contribution in [0.2, 0.25) is 0 Å². The van der Waals surface area contributed by atoms with Crippen LogP contribution in [-0.2, 0) is 13.1 Å². The third kappa shape index (κ3) is 5.26. The Morgan fingerprint density at radius 3 is 2.61 bits per heavy atom. The summed E-state index contributed by atoms with van der Waals surface area (Å²) in [4.78, 5) is 17.9. The maximum Gasteiger partial charge on any atom is 0.253 e. The number of hydrogen-bond donors (Lipinski definition) is 2. The lowest BCUT2D eigenvalue weighted by Crippen LogP contribution is -2.35. The molecule has 7 heteroatoms. The number of rotatable bonds is 7. The molecule has 4 rings (SSSR count). The van der Waals surface area contributed by atoms with E-state index in [2.05, 4.69) is 16.4 Å². The number of pyridine rings is 1. The number of hydrogen-bond acceptors (Lipinski definition) is 4. The SMILES string of the molecule is CCOc1ccc(NC(=S)N(Cc2ccco2)Cc2cc3ccc(C)c(C)c3[nH]c2=O)cc1. The molecule has 0 saturated carbocycles. The Kier molecular flexibility index (Phi) is 6.79. The van der Waals surface area contributed by atoms with E-state index in [-0.39, 0.29) is 5.56 Å². The van der Waals surface area contributed by atoms with Gasteiger partial charge in [0.1, 0.15) is 11.5 Å². The highest BCUT2D eigenvalue weighted by Gasteiger charge is 2.16. The molecular formula is C26H27N3O3S. The van der Waals surface area contributed by atoms with E-state index in [9.17, 15) is 4.79 Å². The molecule has 0 amide bonds. The molecular weight excluding hydrogens is 434 g/mol. The Morgan fingerprint density at radius 1 is 1.12 bits per heavy atom. The molecule has 2 aromatic heterocycles. The van der Waals surface area contributed by atoms with Gasteiger partial charge in [0.2, 0.25) is 0 Å². The number of nitrogens with zero attached hydrogens (tertiary/aromatic N) is 1. The van der Waals surface area contributed by atoms with Crippen LogP contribution in [0.4, 0.5) is 5.69 Å². The lowest BCUT2D eigenvalue weighted by Gasteiger charge is -2.25. The van der Waals surface area contributed by atoms with Crippen LogP contribution < -0.4 is 15.6 Å². The molecule has 170 valence electrons. The number of anilines is 1. The van der Waals surface area contributed by atoms with Crippen LogP contribution in [-0.4, -0.2) is 21.6 Å². The molecule has 4 aromatic rings. The summed E-state index contributed by atoms with van der Waals surface area (Å²) in [7, 11) is 0. The molecule has 0 radical (unpaired) electrons. The number of fused-ring (bicyclic) bond motifs is 1. The van der Waals surface area contributed by atoms with Crippen molar-refractivity contribution < 1.29 is 9.15 Å². The minimum Gasteiger partial charge on any atom is -0.494 e. The number of aromatic amines is 1. The lowest BCUT2D eigenvalue weighted by molar-refractivity contribution is 0.340. The average molecular weight is 462 g/mol. The molecule has 2 N–H and O–H groups in total.